The van der Waals surface area contributed by atoms with Crippen LogP contribution in [0.3, 0.4) is 0 Å². The minimum Gasteiger partial charge on any atom is -0.339 e. The van der Waals surface area contributed by atoms with Gasteiger partial charge in [-0.25, -0.2) is 8.78 Å². The van der Waals surface area contributed by atoms with Crippen LogP contribution in [-0.4, -0.2) is 40.0 Å². The second-order valence-electron chi connectivity index (χ2n) is 9.35. The molecule has 1 aromatic heterocycles. The van der Waals surface area contributed by atoms with Crippen molar-refractivity contribution in [3.63, 3.8) is 0 Å². The molecule has 9 heteroatoms. The fourth-order valence-corrected chi connectivity index (χ4v) is 5.36. The lowest BCUT2D eigenvalue weighted by molar-refractivity contribution is -0.108. The molecule has 2 aromatic carbocycles. The van der Waals surface area contributed by atoms with Crippen LogP contribution in [0.15, 0.2) is 24.3 Å². The lowest BCUT2D eigenvalue weighted by Crippen LogP contribution is -2.38. The molecule has 1 amide bonds. The summed E-state index contributed by atoms with van der Waals surface area (Å²) in [5.41, 5.74) is 2.84. The lowest BCUT2D eigenvalue weighted by Gasteiger charge is -2.31. The molecule has 1 saturated heterocycles. The molecule has 1 fully saturated rings. The Morgan fingerprint density at radius 3 is 2.41 bits per heavy atom. The van der Waals surface area contributed by atoms with E-state index in [4.69, 9.17) is 23.2 Å². The van der Waals surface area contributed by atoms with E-state index >= 15 is 0 Å². The lowest BCUT2D eigenvalue weighted by atomic mass is 9.94. The maximum Gasteiger partial charge on any atom is 0.270 e. The van der Waals surface area contributed by atoms with Gasteiger partial charge in [0.25, 0.3) is 11.8 Å². The van der Waals surface area contributed by atoms with Crippen LogP contribution in [0.2, 0.25) is 10.0 Å². The number of carbonyl (C=O) groups excluding carboxylic acids is 2. The second kappa shape index (κ2) is 11.9. The molecule has 1 aliphatic heterocycles. The molecule has 200 valence electrons. The summed E-state index contributed by atoms with van der Waals surface area (Å²) >= 11 is 13.2. The van der Waals surface area contributed by atoms with Gasteiger partial charge in [0.05, 0.1) is 28.3 Å². The zero-order valence-corrected chi connectivity index (χ0v) is 23.4. The summed E-state index contributed by atoms with van der Waals surface area (Å²) in [6, 6.07) is 6.22. The summed E-state index contributed by atoms with van der Waals surface area (Å²) in [5, 5.41) is 5.86. The Morgan fingerprint density at radius 2 is 1.81 bits per heavy atom. The summed E-state index contributed by atoms with van der Waals surface area (Å²) in [4.78, 5) is 25.8. The van der Waals surface area contributed by atoms with E-state index in [1.807, 2.05) is 13.8 Å². The van der Waals surface area contributed by atoms with Gasteiger partial charge in [-0.15, -0.1) is 0 Å². The highest BCUT2D eigenvalue weighted by Gasteiger charge is 2.28. The second-order valence-corrected chi connectivity index (χ2v) is 10.1. The van der Waals surface area contributed by atoms with Gasteiger partial charge in [-0.1, -0.05) is 37.0 Å². The minimum absolute atomic E-state index is 0.0641. The number of alkyl halides is 2. The first-order valence-electron chi connectivity index (χ1n) is 12.6. The molecule has 0 aliphatic carbocycles. The number of aromatic nitrogens is 2. The van der Waals surface area contributed by atoms with Crippen LogP contribution in [0.5, 0.6) is 0 Å². The van der Waals surface area contributed by atoms with Crippen LogP contribution in [0, 0.1) is 19.8 Å². The van der Waals surface area contributed by atoms with Gasteiger partial charge in [0, 0.05) is 48.0 Å². The van der Waals surface area contributed by atoms with Crippen LogP contribution < -0.4 is 0 Å². The van der Waals surface area contributed by atoms with Crippen LogP contribution in [0.1, 0.15) is 72.8 Å². The molecule has 2 heterocycles. The van der Waals surface area contributed by atoms with Crippen molar-refractivity contribution in [2.24, 2.45) is 5.92 Å². The zero-order chi connectivity index (χ0) is 27.5. The number of hydrogen-bond acceptors (Lipinski definition) is 3. The third kappa shape index (κ3) is 6.15. The van der Waals surface area contributed by atoms with Crippen molar-refractivity contribution < 1.29 is 18.4 Å². The fourth-order valence-electron chi connectivity index (χ4n) is 4.79. The summed E-state index contributed by atoms with van der Waals surface area (Å²) < 4.78 is 29.6. The van der Waals surface area contributed by atoms with E-state index < -0.39 is 5.92 Å². The molecule has 3 aromatic rings. The number of piperidine rings is 1. The molecule has 0 saturated carbocycles. The van der Waals surface area contributed by atoms with Crippen molar-refractivity contribution >= 4 is 46.3 Å². The zero-order valence-electron chi connectivity index (χ0n) is 21.9. The van der Waals surface area contributed by atoms with Gasteiger partial charge in [-0.3, -0.25) is 9.48 Å². The van der Waals surface area contributed by atoms with Gasteiger partial charge in [0.1, 0.15) is 6.29 Å². The van der Waals surface area contributed by atoms with E-state index in [2.05, 4.69) is 5.10 Å². The Morgan fingerprint density at radius 1 is 1.16 bits per heavy atom. The van der Waals surface area contributed by atoms with Gasteiger partial charge in [-0.2, -0.15) is 5.10 Å². The van der Waals surface area contributed by atoms with Crippen LogP contribution >= 0.6 is 23.2 Å². The summed E-state index contributed by atoms with van der Waals surface area (Å²) in [6.45, 7) is 9.74. The SMILES string of the molecule is CC.Cc1nn(Cc2c(Cl)ccc(C(=O)N3CCC(CC=O)CC3)c2Cl)c2c(C)cc(C(C)(F)F)cc12. The van der Waals surface area contributed by atoms with Crippen molar-refractivity contribution in [3.8, 4) is 0 Å². The number of carbonyl (C=O) groups is 2. The number of benzene rings is 2. The standard InChI is InChI=1S/C26H27Cl2F2N3O2.C2H6/c1-15-12-18(26(3,29)30)13-20-16(2)31-33(24(15)20)14-21-22(27)5-4-19(23(21)28)25(35)32-9-6-17(7-10-32)8-11-34;1-2/h4-5,11-13,17H,6-10,14H2,1-3H3;1-2H3. The summed E-state index contributed by atoms with van der Waals surface area (Å²) in [6.07, 6.45) is 3.00. The number of likely N-dealkylation sites (tertiary alicyclic amines) is 1. The molecule has 0 spiro atoms. The highest BCUT2D eigenvalue weighted by molar-refractivity contribution is 6.38. The number of amides is 1. The molecule has 0 radical (unpaired) electrons. The van der Waals surface area contributed by atoms with E-state index in [0.29, 0.717) is 58.2 Å². The normalized spacial score (nSPS) is 14.5. The third-order valence-corrected chi connectivity index (χ3v) is 7.57. The van der Waals surface area contributed by atoms with Crippen molar-refractivity contribution in [1.29, 1.82) is 0 Å². The summed E-state index contributed by atoms with van der Waals surface area (Å²) in [7, 11) is 0. The number of rotatable bonds is 6. The van der Waals surface area contributed by atoms with Crippen molar-refractivity contribution in [1.82, 2.24) is 14.7 Å². The largest absolute Gasteiger partial charge is 0.339 e. The third-order valence-electron chi connectivity index (χ3n) is 6.78. The quantitative estimate of drug-likeness (QED) is 0.296. The highest BCUT2D eigenvalue weighted by atomic mass is 35.5. The molecule has 5 nitrogen and oxygen atoms in total. The maximum absolute atomic E-state index is 14.0. The number of aldehydes is 1. The van der Waals surface area contributed by atoms with Crippen LogP contribution in [0.4, 0.5) is 8.78 Å². The predicted molar refractivity (Wildman–Crippen MR) is 145 cm³/mol. The first kappa shape index (κ1) is 29.1. The highest BCUT2D eigenvalue weighted by Crippen LogP contribution is 2.35. The number of fused-ring (bicyclic) bond motifs is 1. The average Bonchev–Trinajstić information content (AvgIpc) is 3.18. The molecule has 0 atom stereocenters. The van der Waals surface area contributed by atoms with Crippen molar-refractivity contribution in [3.05, 3.63) is 62.3 Å². The number of hydrogen-bond donors (Lipinski definition) is 0. The monoisotopic (exact) mass is 551 g/mol. The van der Waals surface area contributed by atoms with Crippen LogP contribution in [0.25, 0.3) is 10.9 Å². The van der Waals surface area contributed by atoms with Gasteiger partial charge >= 0.3 is 0 Å². The van der Waals surface area contributed by atoms with Gasteiger partial charge in [0.2, 0.25) is 0 Å². The van der Waals surface area contributed by atoms with Gasteiger partial charge in [-0.05, 0) is 62.4 Å². The number of halogens is 4. The molecular formula is C28H33Cl2F2N3O2. The smallest absolute Gasteiger partial charge is 0.270 e. The van der Waals surface area contributed by atoms with E-state index in [-0.39, 0.29) is 23.0 Å². The Hall–Kier alpha value is -2.51. The first-order valence-corrected chi connectivity index (χ1v) is 13.3. The fraction of sp³-hybridized carbons (Fsp3) is 0.464. The van der Waals surface area contributed by atoms with E-state index in [1.54, 1.807) is 35.6 Å². The van der Waals surface area contributed by atoms with Crippen LogP contribution in [-0.2, 0) is 17.3 Å². The molecular weight excluding hydrogens is 519 g/mol. The molecule has 0 bridgehead atoms. The van der Waals surface area contributed by atoms with Gasteiger partial charge < -0.3 is 9.69 Å². The topological polar surface area (TPSA) is 55.2 Å². The molecule has 4 rings (SSSR count). The van der Waals surface area contributed by atoms with Crippen molar-refractivity contribution in [2.45, 2.75) is 66.3 Å². The Labute approximate surface area is 226 Å². The number of nitrogens with zero attached hydrogens (tertiary/aromatic N) is 3. The Balaban J connectivity index is 0.00000186. The van der Waals surface area contributed by atoms with E-state index in [0.717, 1.165) is 31.6 Å². The van der Waals surface area contributed by atoms with E-state index in [9.17, 15) is 18.4 Å². The summed E-state index contributed by atoms with van der Waals surface area (Å²) in [5.74, 6) is -2.83. The maximum atomic E-state index is 14.0. The minimum atomic E-state index is -2.96. The molecule has 0 N–H and O–H groups in total. The molecule has 37 heavy (non-hydrogen) atoms. The number of aryl methyl sites for hydroxylation is 2. The van der Waals surface area contributed by atoms with Gasteiger partial charge in [0.15, 0.2) is 0 Å². The molecule has 0 unspecified atom stereocenters. The Kier molecular flexibility index (Phi) is 9.35. The first-order chi connectivity index (χ1) is 17.5. The van der Waals surface area contributed by atoms with Crippen molar-refractivity contribution in [2.75, 3.05) is 13.1 Å². The predicted octanol–water partition coefficient (Wildman–Crippen LogP) is 7.59. The van der Waals surface area contributed by atoms with E-state index in [1.165, 1.54) is 12.1 Å². The average molecular weight is 552 g/mol. The molecule has 1 aliphatic rings. The Bertz CT molecular complexity index is 1290.